The van der Waals surface area contributed by atoms with Crippen LogP contribution >= 0.6 is 0 Å². The third kappa shape index (κ3) is 5.25. The zero-order valence-electron chi connectivity index (χ0n) is 19.4. The second-order valence-electron chi connectivity index (χ2n) is 10.7. The average Bonchev–Trinajstić information content (AvgIpc) is 2.57. The van der Waals surface area contributed by atoms with E-state index in [2.05, 4.69) is 85.7 Å². The van der Waals surface area contributed by atoms with Gasteiger partial charge in [-0.25, -0.2) is 4.39 Å². The second kappa shape index (κ2) is 8.39. The van der Waals surface area contributed by atoms with E-state index < -0.39 is 0 Å². The predicted molar refractivity (Wildman–Crippen MR) is 121 cm³/mol. The monoisotopic (exact) mass is 382 g/mol. The number of rotatable bonds is 5. The molecule has 2 atom stereocenters. The van der Waals surface area contributed by atoms with Gasteiger partial charge in [0.25, 0.3) is 0 Å². The van der Waals surface area contributed by atoms with Gasteiger partial charge >= 0.3 is 0 Å². The molecule has 2 aromatic carbocycles. The molecule has 0 aliphatic carbocycles. The SMILES string of the molecule is Cc1cc(F)c(C(C)CCC(C)c2ccccc2C(C)(C)C)cc1C(C)(C)C. The quantitative estimate of drug-likeness (QED) is 0.487. The molecule has 0 amide bonds. The van der Waals surface area contributed by atoms with Crippen molar-refractivity contribution in [3.8, 4) is 0 Å². The van der Waals surface area contributed by atoms with E-state index in [0.717, 1.165) is 24.0 Å². The second-order valence-corrected chi connectivity index (χ2v) is 10.7. The van der Waals surface area contributed by atoms with Crippen molar-refractivity contribution in [2.45, 2.75) is 97.8 Å². The highest BCUT2D eigenvalue weighted by molar-refractivity contribution is 5.38. The van der Waals surface area contributed by atoms with Gasteiger partial charge in [-0.3, -0.25) is 0 Å². The third-order valence-electron chi connectivity index (χ3n) is 6.02. The Kier molecular flexibility index (Phi) is 6.79. The molecule has 0 heterocycles. The van der Waals surface area contributed by atoms with Crippen molar-refractivity contribution in [1.29, 1.82) is 0 Å². The number of hydrogen-bond donors (Lipinski definition) is 0. The Bertz CT molecular complexity index is 802. The zero-order valence-corrected chi connectivity index (χ0v) is 19.4. The van der Waals surface area contributed by atoms with Gasteiger partial charge in [-0.05, 0) is 76.3 Å². The highest BCUT2D eigenvalue weighted by Crippen LogP contribution is 2.36. The normalized spacial score (nSPS) is 14.8. The van der Waals surface area contributed by atoms with E-state index in [9.17, 15) is 4.39 Å². The van der Waals surface area contributed by atoms with Gasteiger partial charge in [0.05, 0.1) is 0 Å². The lowest BCUT2D eigenvalue weighted by Crippen LogP contribution is -2.16. The molecule has 0 saturated carbocycles. The molecular formula is C27H39F. The molecule has 0 bridgehead atoms. The van der Waals surface area contributed by atoms with Crippen LogP contribution in [0.25, 0.3) is 0 Å². The summed E-state index contributed by atoms with van der Waals surface area (Å²) in [5, 5.41) is 0. The minimum absolute atomic E-state index is 0.0329. The summed E-state index contributed by atoms with van der Waals surface area (Å²) in [4.78, 5) is 0. The van der Waals surface area contributed by atoms with E-state index in [1.54, 1.807) is 6.07 Å². The highest BCUT2D eigenvalue weighted by atomic mass is 19.1. The maximum atomic E-state index is 14.7. The minimum Gasteiger partial charge on any atom is -0.207 e. The standard InChI is InChI=1S/C27H39F/c1-18(21-12-10-11-13-23(21)26(4,5)6)14-15-19(2)22-17-24(27(7,8)9)20(3)16-25(22)28/h10-13,16-19H,14-15H2,1-9H3. The largest absolute Gasteiger partial charge is 0.207 e. The Labute approximate surface area is 172 Å². The first kappa shape index (κ1) is 22.7. The summed E-state index contributed by atoms with van der Waals surface area (Å²) in [6.07, 6.45) is 2.05. The van der Waals surface area contributed by atoms with E-state index in [1.165, 1.54) is 16.7 Å². The molecule has 28 heavy (non-hydrogen) atoms. The molecule has 2 unspecified atom stereocenters. The first-order chi connectivity index (χ1) is 12.8. The number of aryl methyl sites for hydroxylation is 1. The fraction of sp³-hybridized carbons (Fsp3) is 0.556. The molecule has 0 saturated heterocycles. The predicted octanol–water partition coefficient (Wildman–Crippen LogP) is 8.42. The lowest BCUT2D eigenvalue weighted by molar-refractivity contribution is 0.520. The first-order valence-corrected chi connectivity index (χ1v) is 10.7. The van der Waals surface area contributed by atoms with Gasteiger partial charge in [0, 0.05) is 0 Å². The summed E-state index contributed by atoms with van der Waals surface area (Å²) in [5.74, 6) is 0.625. The molecule has 0 aromatic heterocycles. The fourth-order valence-electron chi connectivity index (χ4n) is 4.30. The van der Waals surface area contributed by atoms with E-state index >= 15 is 0 Å². The zero-order chi connectivity index (χ0) is 21.3. The molecule has 2 aromatic rings. The van der Waals surface area contributed by atoms with Gasteiger partial charge in [0.2, 0.25) is 0 Å². The van der Waals surface area contributed by atoms with Crippen molar-refractivity contribution in [3.63, 3.8) is 0 Å². The van der Waals surface area contributed by atoms with Crippen molar-refractivity contribution in [2.24, 2.45) is 0 Å². The average molecular weight is 383 g/mol. The Morgan fingerprint density at radius 3 is 1.79 bits per heavy atom. The smallest absolute Gasteiger partial charge is 0.126 e. The van der Waals surface area contributed by atoms with Crippen LogP contribution in [0.3, 0.4) is 0 Å². The van der Waals surface area contributed by atoms with Crippen LogP contribution in [0.4, 0.5) is 4.39 Å². The molecule has 1 heteroatoms. The minimum atomic E-state index is -0.0549. The first-order valence-electron chi connectivity index (χ1n) is 10.7. The van der Waals surface area contributed by atoms with Gasteiger partial charge in [-0.2, -0.15) is 0 Å². The van der Waals surface area contributed by atoms with Gasteiger partial charge in [-0.1, -0.05) is 85.7 Å². The molecule has 0 fully saturated rings. The van der Waals surface area contributed by atoms with Crippen LogP contribution in [0.15, 0.2) is 36.4 Å². The lowest BCUT2D eigenvalue weighted by Gasteiger charge is -2.27. The van der Waals surface area contributed by atoms with E-state index in [-0.39, 0.29) is 22.6 Å². The Hall–Kier alpha value is -1.63. The third-order valence-corrected chi connectivity index (χ3v) is 6.02. The van der Waals surface area contributed by atoms with Crippen LogP contribution in [0.5, 0.6) is 0 Å². The molecular weight excluding hydrogens is 343 g/mol. The van der Waals surface area contributed by atoms with Crippen LogP contribution in [0, 0.1) is 12.7 Å². The fourth-order valence-corrected chi connectivity index (χ4v) is 4.30. The molecule has 0 spiro atoms. The summed E-state index contributed by atoms with van der Waals surface area (Å²) in [6.45, 7) is 19.9. The summed E-state index contributed by atoms with van der Waals surface area (Å²) in [5.41, 5.74) is 6.20. The number of halogens is 1. The van der Waals surface area contributed by atoms with Crippen molar-refractivity contribution < 1.29 is 4.39 Å². The Morgan fingerprint density at radius 1 is 0.750 bits per heavy atom. The molecule has 0 aliphatic heterocycles. The summed E-state index contributed by atoms with van der Waals surface area (Å²) in [6, 6.07) is 12.6. The topological polar surface area (TPSA) is 0 Å². The van der Waals surface area contributed by atoms with Gasteiger partial charge in [0.1, 0.15) is 5.82 Å². The van der Waals surface area contributed by atoms with E-state index in [1.807, 2.05) is 6.92 Å². The van der Waals surface area contributed by atoms with E-state index in [4.69, 9.17) is 0 Å². The van der Waals surface area contributed by atoms with Crippen molar-refractivity contribution in [1.82, 2.24) is 0 Å². The number of benzene rings is 2. The van der Waals surface area contributed by atoms with Gasteiger partial charge < -0.3 is 0 Å². The summed E-state index contributed by atoms with van der Waals surface area (Å²) in [7, 11) is 0. The molecule has 0 nitrogen and oxygen atoms in total. The van der Waals surface area contributed by atoms with Crippen molar-refractivity contribution >= 4 is 0 Å². The highest BCUT2D eigenvalue weighted by Gasteiger charge is 2.23. The summed E-state index contributed by atoms with van der Waals surface area (Å²) < 4.78 is 14.7. The van der Waals surface area contributed by atoms with Crippen LogP contribution in [0.1, 0.15) is 108 Å². The Balaban J connectivity index is 2.20. The van der Waals surface area contributed by atoms with Crippen molar-refractivity contribution in [3.05, 3.63) is 70.0 Å². The van der Waals surface area contributed by atoms with Gasteiger partial charge in [0.15, 0.2) is 0 Å². The Morgan fingerprint density at radius 2 is 1.25 bits per heavy atom. The molecule has 154 valence electrons. The van der Waals surface area contributed by atoms with Crippen LogP contribution in [-0.4, -0.2) is 0 Å². The van der Waals surface area contributed by atoms with Crippen LogP contribution in [0.2, 0.25) is 0 Å². The number of hydrogen-bond acceptors (Lipinski definition) is 0. The van der Waals surface area contributed by atoms with Crippen LogP contribution in [-0.2, 0) is 10.8 Å². The van der Waals surface area contributed by atoms with E-state index in [0.29, 0.717) is 5.92 Å². The van der Waals surface area contributed by atoms with Crippen molar-refractivity contribution in [2.75, 3.05) is 0 Å². The maximum Gasteiger partial charge on any atom is 0.126 e. The molecule has 0 radical (unpaired) electrons. The molecule has 0 aliphatic rings. The molecule has 2 rings (SSSR count). The molecule has 0 N–H and O–H groups in total. The lowest BCUT2D eigenvalue weighted by atomic mass is 9.78. The maximum absolute atomic E-state index is 14.7. The summed E-state index contributed by atoms with van der Waals surface area (Å²) >= 11 is 0. The van der Waals surface area contributed by atoms with Gasteiger partial charge in [-0.15, -0.1) is 0 Å². The van der Waals surface area contributed by atoms with Crippen LogP contribution < -0.4 is 0 Å².